The number of aromatic nitrogens is 1. The van der Waals surface area contributed by atoms with Crippen molar-refractivity contribution in [2.24, 2.45) is 5.73 Å². The number of fused-ring (bicyclic) bond motifs is 1. The molecule has 3 heteroatoms. The molecule has 0 unspecified atom stereocenters. The van der Waals surface area contributed by atoms with Crippen molar-refractivity contribution >= 4 is 23.3 Å². The average molecular weight is 237 g/mol. The molecule has 1 aromatic heterocycles. The molecular formula is C13H17ClN2. The summed E-state index contributed by atoms with van der Waals surface area (Å²) in [5.74, 6) is 0. The molecule has 0 bridgehead atoms. The number of nitrogens with one attached hydrogen (secondary N) is 1. The third-order valence-corrected chi connectivity index (χ3v) is 2.69. The van der Waals surface area contributed by atoms with Crippen molar-refractivity contribution in [1.29, 1.82) is 0 Å². The first-order chi connectivity index (χ1) is 7.31. The fourth-order valence-electron chi connectivity index (χ4n) is 1.76. The Hall–Kier alpha value is -1.25. The minimum absolute atomic E-state index is 0. The molecule has 0 saturated heterocycles. The second-order valence-corrected chi connectivity index (χ2v) is 3.80. The molecule has 0 amide bonds. The Bertz CT molecular complexity index is 462. The van der Waals surface area contributed by atoms with Crippen molar-refractivity contribution in [1.82, 2.24) is 4.98 Å². The molecule has 16 heavy (non-hydrogen) atoms. The molecule has 86 valence electrons. The van der Waals surface area contributed by atoms with Crippen LogP contribution in [0.4, 0.5) is 0 Å². The Morgan fingerprint density at radius 2 is 2.19 bits per heavy atom. The lowest BCUT2D eigenvalue weighted by atomic mass is 10.0. The molecule has 1 atom stereocenters. The topological polar surface area (TPSA) is 41.8 Å². The highest BCUT2D eigenvalue weighted by Crippen LogP contribution is 2.20. The predicted octanol–water partition coefficient (Wildman–Crippen LogP) is 3.56. The molecule has 3 N–H and O–H groups in total. The molecule has 0 spiro atoms. The van der Waals surface area contributed by atoms with Gasteiger partial charge in [-0.3, -0.25) is 0 Å². The second-order valence-electron chi connectivity index (χ2n) is 3.80. The van der Waals surface area contributed by atoms with E-state index in [1.54, 1.807) is 0 Å². The Morgan fingerprint density at radius 3 is 2.94 bits per heavy atom. The predicted molar refractivity (Wildman–Crippen MR) is 71.9 cm³/mol. The number of benzene rings is 1. The van der Waals surface area contributed by atoms with Gasteiger partial charge in [0.1, 0.15) is 0 Å². The number of hydrogen-bond acceptors (Lipinski definition) is 1. The van der Waals surface area contributed by atoms with E-state index < -0.39 is 0 Å². The fraction of sp³-hybridized carbons (Fsp3) is 0.231. The van der Waals surface area contributed by atoms with E-state index in [-0.39, 0.29) is 18.4 Å². The van der Waals surface area contributed by atoms with Gasteiger partial charge >= 0.3 is 0 Å². The summed E-state index contributed by atoms with van der Waals surface area (Å²) in [4.78, 5) is 3.20. The molecular weight excluding hydrogens is 220 g/mol. The van der Waals surface area contributed by atoms with Crippen LogP contribution in [0.2, 0.25) is 0 Å². The van der Waals surface area contributed by atoms with Gasteiger partial charge in [-0.2, -0.15) is 0 Å². The van der Waals surface area contributed by atoms with Gasteiger partial charge < -0.3 is 10.7 Å². The van der Waals surface area contributed by atoms with Gasteiger partial charge in [-0.15, -0.1) is 19.0 Å². The molecule has 0 aliphatic heterocycles. The van der Waals surface area contributed by atoms with Crippen molar-refractivity contribution < 1.29 is 0 Å². The number of rotatable bonds is 4. The highest BCUT2D eigenvalue weighted by Gasteiger charge is 2.05. The van der Waals surface area contributed by atoms with Crippen molar-refractivity contribution in [2.45, 2.75) is 18.9 Å². The van der Waals surface area contributed by atoms with E-state index in [0.717, 1.165) is 18.4 Å². The molecule has 0 aliphatic carbocycles. The summed E-state index contributed by atoms with van der Waals surface area (Å²) in [7, 11) is 0. The van der Waals surface area contributed by atoms with Crippen LogP contribution in [0.1, 0.15) is 24.4 Å². The van der Waals surface area contributed by atoms with Crippen LogP contribution in [0, 0.1) is 0 Å². The van der Waals surface area contributed by atoms with Crippen molar-refractivity contribution in [3.05, 3.63) is 48.7 Å². The molecule has 0 fully saturated rings. The van der Waals surface area contributed by atoms with Crippen molar-refractivity contribution in [3.8, 4) is 0 Å². The van der Waals surface area contributed by atoms with E-state index in [1.807, 2.05) is 12.3 Å². The average Bonchev–Trinajstić information content (AvgIpc) is 2.72. The van der Waals surface area contributed by atoms with Crippen LogP contribution in [0.15, 0.2) is 43.1 Å². The van der Waals surface area contributed by atoms with Gasteiger partial charge in [0.25, 0.3) is 0 Å². The quantitative estimate of drug-likeness (QED) is 0.784. The third-order valence-electron chi connectivity index (χ3n) is 2.69. The Balaban J connectivity index is 0.00000128. The summed E-state index contributed by atoms with van der Waals surface area (Å²) in [5, 5.41) is 1.23. The summed E-state index contributed by atoms with van der Waals surface area (Å²) in [6.07, 6.45) is 5.77. The number of H-pyrrole nitrogens is 1. The Kier molecular flexibility index (Phi) is 4.59. The van der Waals surface area contributed by atoms with E-state index in [9.17, 15) is 0 Å². The van der Waals surface area contributed by atoms with E-state index >= 15 is 0 Å². The molecule has 2 aromatic rings. The zero-order chi connectivity index (χ0) is 10.7. The second kappa shape index (κ2) is 5.73. The first kappa shape index (κ1) is 12.8. The van der Waals surface area contributed by atoms with Crippen LogP contribution in [-0.2, 0) is 0 Å². The fourth-order valence-corrected chi connectivity index (χ4v) is 1.76. The number of hydrogen-bond donors (Lipinski definition) is 2. The summed E-state index contributed by atoms with van der Waals surface area (Å²) in [5.41, 5.74) is 8.42. The van der Waals surface area contributed by atoms with Crippen LogP contribution in [0.3, 0.4) is 0 Å². The van der Waals surface area contributed by atoms with Crippen LogP contribution >= 0.6 is 12.4 Å². The first-order valence-corrected chi connectivity index (χ1v) is 5.25. The monoisotopic (exact) mass is 236 g/mol. The molecule has 0 saturated carbocycles. The van der Waals surface area contributed by atoms with Gasteiger partial charge in [0.2, 0.25) is 0 Å². The molecule has 1 heterocycles. The number of halogens is 1. The van der Waals surface area contributed by atoms with Gasteiger partial charge in [0.15, 0.2) is 0 Å². The Labute approximate surface area is 102 Å². The minimum Gasteiger partial charge on any atom is -0.361 e. The zero-order valence-corrected chi connectivity index (χ0v) is 9.96. The highest BCUT2D eigenvalue weighted by atomic mass is 35.5. The Morgan fingerprint density at radius 1 is 1.38 bits per heavy atom. The maximum absolute atomic E-state index is 6.08. The minimum atomic E-state index is 0. The van der Waals surface area contributed by atoms with Gasteiger partial charge in [0, 0.05) is 17.8 Å². The zero-order valence-electron chi connectivity index (χ0n) is 9.15. The lowest BCUT2D eigenvalue weighted by Crippen LogP contribution is -2.09. The maximum Gasteiger partial charge on any atom is 0.0457 e. The normalized spacial score (nSPS) is 12.1. The van der Waals surface area contributed by atoms with E-state index in [4.69, 9.17) is 5.73 Å². The molecule has 2 nitrogen and oxygen atoms in total. The van der Waals surface area contributed by atoms with Gasteiger partial charge in [0.05, 0.1) is 0 Å². The largest absolute Gasteiger partial charge is 0.361 e. The van der Waals surface area contributed by atoms with E-state index in [2.05, 4.69) is 35.8 Å². The summed E-state index contributed by atoms with van der Waals surface area (Å²) < 4.78 is 0. The number of nitrogens with two attached hydrogens (primary N) is 1. The smallest absolute Gasteiger partial charge is 0.0457 e. The lowest BCUT2D eigenvalue weighted by molar-refractivity contribution is 0.662. The van der Waals surface area contributed by atoms with E-state index in [0.29, 0.717) is 0 Å². The number of aromatic amines is 1. The standard InChI is InChI=1S/C13H16N2.ClH/c1-2-3-4-12(14)11-6-5-10-7-8-15-13(10)9-11;/h2,5-9,12,15H,1,3-4,14H2;1H/t12-;/m0./s1. The van der Waals surface area contributed by atoms with Crippen LogP contribution in [-0.4, -0.2) is 4.98 Å². The number of allylic oxidation sites excluding steroid dienone is 1. The van der Waals surface area contributed by atoms with Crippen LogP contribution in [0.5, 0.6) is 0 Å². The van der Waals surface area contributed by atoms with Crippen LogP contribution < -0.4 is 5.73 Å². The summed E-state index contributed by atoms with van der Waals surface area (Å²) in [6.45, 7) is 3.71. The summed E-state index contributed by atoms with van der Waals surface area (Å²) >= 11 is 0. The molecule has 1 aromatic carbocycles. The van der Waals surface area contributed by atoms with Gasteiger partial charge in [-0.05, 0) is 35.9 Å². The molecule has 2 rings (SSSR count). The van der Waals surface area contributed by atoms with Crippen molar-refractivity contribution in [3.63, 3.8) is 0 Å². The van der Waals surface area contributed by atoms with Crippen LogP contribution in [0.25, 0.3) is 10.9 Å². The third kappa shape index (κ3) is 2.65. The SMILES string of the molecule is C=CCC[C@H](N)c1ccc2cc[nH]c2c1.Cl. The van der Waals surface area contributed by atoms with Gasteiger partial charge in [-0.25, -0.2) is 0 Å². The molecule has 0 radical (unpaired) electrons. The van der Waals surface area contributed by atoms with Crippen molar-refractivity contribution in [2.75, 3.05) is 0 Å². The summed E-state index contributed by atoms with van der Waals surface area (Å²) in [6, 6.07) is 8.51. The molecule has 0 aliphatic rings. The van der Waals surface area contributed by atoms with E-state index in [1.165, 1.54) is 10.9 Å². The van der Waals surface area contributed by atoms with Gasteiger partial charge in [-0.1, -0.05) is 18.2 Å². The first-order valence-electron chi connectivity index (χ1n) is 5.25. The maximum atomic E-state index is 6.08. The highest BCUT2D eigenvalue weighted by molar-refractivity contribution is 5.85. The lowest BCUT2D eigenvalue weighted by Gasteiger charge is -2.10.